The minimum atomic E-state index is -0.366. The summed E-state index contributed by atoms with van der Waals surface area (Å²) in [7, 11) is 0. The van der Waals surface area contributed by atoms with Crippen LogP contribution in [0.15, 0.2) is 11.6 Å². The van der Waals surface area contributed by atoms with Crippen molar-refractivity contribution in [2.24, 2.45) is 0 Å². The van der Waals surface area contributed by atoms with Gasteiger partial charge < -0.3 is 9.84 Å². The van der Waals surface area contributed by atoms with Crippen molar-refractivity contribution in [3.05, 3.63) is 11.6 Å². The molecule has 0 heterocycles. The molecule has 0 spiro atoms. The van der Waals surface area contributed by atoms with E-state index in [1.807, 2.05) is 6.08 Å². The zero-order valence-electron chi connectivity index (χ0n) is 7.25. The molecule has 12 heavy (non-hydrogen) atoms. The van der Waals surface area contributed by atoms with Crippen molar-refractivity contribution in [2.45, 2.75) is 32.3 Å². The number of carbonyl (C=O) groups excluding carboxylic acids is 1. The number of ether oxygens (including phenoxy) is 1. The van der Waals surface area contributed by atoms with E-state index in [2.05, 4.69) is 0 Å². The van der Waals surface area contributed by atoms with Crippen LogP contribution in [0.3, 0.4) is 0 Å². The predicted octanol–water partition coefficient (Wildman–Crippen LogP) is 1.02. The Hall–Kier alpha value is -0.830. The van der Waals surface area contributed by atoms with E-state index in [0.717, 1.165) is 12.8 Å². The fraction of sp³-hybridized carbons (Fsp3) is 0.667. The van der Waals surface area contributed by atoms with Gasteiger partial charge in [0.05, 0.1) is 12.7 Å². The van der Waals surface area contributed by atoms with Crippen molar-refractivity contribution in [3.63, 3.8) is 0 Å². The highest BCUT2D eigenvalue weighted by molar-refractivity contribution is 5.88. The third-order valence-corrected chi connectivity index (χ3v) is 1.88. The molecular formula is C9H14O3. The lowest BCUT2D eigenvalue weighted by Gasteiger charge is -2.16. The SMILES string of the molecule is CCOC(=O)C1=CCCC(O)C1. The molecular weight excluding hydrogens is 156 g/mol. The minimum absolute atomic E-state index is 0.281. The van der Waals surface area contributed by atoms with Gasteiger partial charge in [-0.1, -0.05) is 6.08 Å². The smallest absolute Gasteiger partial charge is 0.333 e. The van der Waals surface area contributed by atoms with Crippen LogP contribution in [0.2, 0.25) is 0 Å². The molecule has 3 nitrogen and oxygen atoms in total. The third kappa shape index (κ3) is 2.34. The molecule has 0 bridgehead atoms. The minimum Gasteiger partial charge on any atom is -0.463 e. The summed E-state index contributed by atoms with van der Waals surface area (Å²) >= 11 is 0. The Balaban J connectivity index is 2.50. The molecule has 0 saturated heterocycles. The van der Waals surface area contributed by atoms with E-state index in [1.165, 1.54) is 0 Å². The van der Waals surface area contributed by atoms with Crippen LogP contribution in [0.4, 0.5) is 0 Å². The normalized spacial score (nSPS) is 23.2. The van der Waals surface area contributed by atoms with Crippen molar-refractivity contribution in [1.82, 2.24) is 0 Å². The van der Waals surface area contributed by atoms with Gasteiger partial charge in [-0.25, -0.2) is 4.79 Å². The molecule has 0 aromatic carbocycles. The second kappa shape index (κ2) is 4.26. The quantitative estimate of drug-likeness (QED) is 0.629. The Morgan fingerprint density at radius 3 is 3.17 bits per heavy atom. The molecule has 0 amide bonds. The number of hydrogen-bond acceptors (Lipinski definition) is 3. The summed E-state index contributed by atoms with van der Waals surface area (Å²) < 4.78 is 4.81. The number of esters is 1. The summed E-state index contributed by atoms with van der Waals surface area (Å²) in [6.45, 7) is 2.17. The van der Waals surface area contributed by atoms with Gasteiger partial charge >= 0.3 is 5.97 Å². The van der Waals surface area contributed by atoms with Crippen molar-refractivity contribution in [1.29, 1.82) is 0 Å². The molecule has 0 aromatic heterocycles. The van der Waals surface area contributed by atoms with Crippen LogP contribution >= 0.6 is 0 Å². The number of hydrogen-bond donors (Lipinski definition) is 1. The molecule has 3 heteroatoms. The van der Waals surface area contributed by atoms with Crippen molar-refractivity contribution in [2.75, 3.05) is 6.61 Å². The van der Waals surface area contributed by atoms with Crippen LogP contribution in [0.5, 0.6) is 0 Å². The maximum atomic E-state index is 11.1. The molecule has 1 unspecified atom stereocenters. The maximum absolute atomic E-state index is 11.1. The summed E-state index contributed by atoms with van der Waals surface area (Å²) in [6.07, 6.45) is 3.45. The van der Waals surface area contributed by atoms with E-state index in [9.17, 15) is 9.90 Å². The van der Waals surface area contributed by atoms with Gasteiger partial charge in [0.2, 0.25) is 0 Å². The fourth-order valence-electron chi connectivity index (χ4n) is 1.28. The Morgan fingerprint density at radius 1 is 1.83 bits per heavy atom. The molecule has 1 aliphatic carbocycles. The molecule has 1 rings (SSSR count). The molecule has 1 N–H and O–H groups in total. The molecule has 0 aromatic rings. The molecule has 0 saturated carbocycles. The lowest BCUT2D eigenvalue weighted by molar-refractivity contribution is -0.139. The predicted molar refractivity (Wildman–Crippen MR) is 44.6 cm³/mol. The van der Waals surface area contributed by atoms with E-state index in [0.29, 0.717) is 18.6 Å². The maximum Gasteiger partial charge on any atom is 0.333 e. The van der Waals surface area contributed by atoms with Gasteiger partial charge in [-0.05, 0) is 19.8 Å². The van der Waals surface area contributed by atoms with E-state index < -0.39 is 0 Å². The van der Waals surface area contributed by atoms with Crippen LogP contribution in [-0.4, -0.2) is 23.8 Å². The zero-order chi connectivity index (χ0) is 8.97. The standard InChI is InChI=1S/C9H14O3/c1-2-12-9(11)7-4-3-5-8(10)6-7/h4,8,10H,2-3,5-6H2,1H3. The molecule has 0 aliphatic heterocycles. The second-order valence-electron chi connectivity index (χ2n) is 2.89. The first-order chi connectivity index (χ1) is 5.74. The highest BCUT2D eigenvalue weighted by atomic mass is 16.5. The summed E-state index contributed by atoms with van der Waals surface area (Å²) in [6, 6.07) is 0. The Morgan fingerprint density at radius 2 is 2.58 bits per heavy atom. The molecule has 1 atom stereocenters. The number of aliphatic hydroxyl groups excluding tert-OH is 1. The summed E-state index contributed by atoms with van der Waals surface area (Å²) in [5.41, 5.74) is 0.621. The van der Waals surface area contributed by atoms with Crippen molar-refractivity contribution in [3.8, 4) is 0 Å². The molecule has 1 aliphatic rings. The number of allylic oxidation sites excluding steroid dienone is 1. The highest BCUT2D eigenvalue weighted by Gasteiger charge is 2.18. The highest BCUT2D eigenvalue weighted by Crippen LogP contribution is 2.18. The Kier molecular flexibility index (Phi) is 3.29. The van der Waals surface area contributed by atoms with Crippen LogP contribution in [-0.2, 0) is 9.53 Å². The number of rotatable bonds is 2. The second-order valence-corrected chi connectivity index (χ2v) is 2.89. The van der Waals surface area contributed by atoms with Crippen LogP contribution in [0.25, 0.3) is 0 Å². The molecule has 68 valence electrons. The van der Waals surface area contributed by atoms with Gasteiger partial charge in [0, 0.05) is 12.0 Å². The zero-order valence-corrected chi connectivity index (χ0v) is 7.25. The van der Waals surface area contributed by atoms with E-state index in [1.54, 1.807) is 6.92 Å². The van der Waals surface area contributed by atoms with Gasteiger partial charge in [-0.15, -0.1) is 0 Å². The average Bonchev–Trinajstić information content (AvgIpc) is 2.05. The van der Waals surface area contributed by atoms with Gasteiger partial charge in [0.1, 0.15) is 0 Å². The van der Waals surface area contributed by atoms with E-state index >= 15 is 0 Å². The topological polar surface area (TPSA) is 46.5 Å². The summed E-state index contributed by atoms with van der Waals surface area (Å²) in [5, 5.41) is 9.25. The van der Waals surface area contributed by atoms with Gasteiger partial charge in [-0.2, -0.15) is 0 Å². The fourth-order valence-corrected chi connectivity index (χ4v) is 1.28. The van der Waals surface area contributed by atoms with Crippen LogP contribution in [0.1, 0.15) is 26.2 Å². The number of aliphatic hydroxyl groups is 1. The third-order valence-electron chi connectivity index (χ3n) is 1.88. The van der Waals surface area contributed by atoms with Crippen LogP contribution < -0.4 is 0 Å². The Labute approximate surface area is 72.0 Å². The lowest BCUT2D eigenvalue weighted by atomic mass is 9.97. The summed E-state index contributed by atoms with van der Waals surface area (Å²) in [4.78, 5) is 11.1. The average molecular weight is 170 g/mol. The molecule has 0 radical (unpaired) electrons. The van der Waals surface area contributed by atoms with Gasteiger partial charge in [-0.3, -0.25) is 0 Å². The first-order valence-electron chi connectivity index (χ1n) is 4.28. The lowest BCUT2D eigenvalue weighted by Crippen LogP contribution is -2.18. The molecule has 0 fully saturated rings. The van der Waals surface area contributed by atoms with Crippen molar-refractivity contribution < 1.29 is 14.6 Å². The number of carbonyl (C=O) groups is 1. The first-order valence-corrected chi connectivity index (χ1v) is 4.28. The van der Waals surface area contributed by atoms with E-state index in [-0.39, 0.29) is 12.1 Å². The van der Waals surface area contributed by atoms with Crippen LogP contribution in [0, 0.1) is 0 Å². The van der Waals surface area contributed by atoms with Gasteiger partial charge in [0.25, 0.3) is 0 Å². The van der Waals surface area contributed by atoms with E-state index in [4.69, 9.17) is 4.74 Å². The first kappa shape index (κ1) is 9.26. The van der Waals surface area contributed by atoms with Gasteiger partial charge in [0.15, 0.2) is 0 Å². The largest absolute Gasteiger partial charge is 0.463 e. The Bertz CT molecular complexity index is 196. The monoisotopic (exact) mass is 170 g/mol. The van der Waals surface area contributed by atoms with Crippen molar-refractivity contribution >= 4 is 5.97 Å². The summed E-state index contributed by atoms with van der Waals surface area (Å²) in [5.74, 6) is -0.281.